The number of rotatable bonds is 9. The van der Waals surface area contributed by atoms with Gasteiger partial charge in [0.05, 0.1) is 20.3 Å². The second-order valence-electron chi connectivity index (χ2n) is 7.03. The van der Waals surface area contributed by atoms with E-state index in [1.165, 1.54) is 19.1 Å². The zero-order valence-electron chi connectivity index (χ0n) is 17.8. The lowest BCUT2D eigenvalue weighted by atomic mass is 9.94. The van der Waals surface area contributed by atoms with Crippen LogP contribution in [0.2, 0.25) is 0 Å². The molecule has 32 heavy (non-hydrogen) atoms. The highest BCUT2D eigenvalue weighted by Crippen LogP contribution is 2.30. The van der Waals surface area contributed by atoms with Crippen LogP contribution in [0, 0.1) is 0 Å². The number of carbonyl (C=O) groups excluding carboxylic acids is 3. The normalized spacial score (nSPS) is 17.2. The van der Waals surface area contributed by atoms with Crippen LogP contribution in [-0.2, 0) is 27.4 Å². The maximum atomic E-state index is 12.8. The Kier molecular flexibility index (Phi) is 7.37. The summed E-state index contributed by atoms with van der Waals surface area (Å²) >= 11 is 0. The van der Waals surface area contributed by atoms with E-state index in [9.17, 15) is 14.4 Å². The lowest BCUT2D eigenvalue weighted by Gasteiger charge is -2.46. The zero-order chi connectivity index (χ0) is 23.1. The van der Waals surface area contributed by atoms with Crippen LogP contribution in [0.3, 0.4) is 0 Å². The molecule has 1 aliphatic rings. The summed E-state index contributed by atoms with van der Waals surface area (Å²) in [4.78, 5) is 37.6. The third-order valence-electron chi connectivity index (χ3n) is 5.05. The fourth-order valence-corrected chi connectivity index (χ4v) is 3.37. The fraction of sp³-hybridized carbons (Fsp3) is 0.318. The maximum absolute atomic E-state index is 12.8. The number of benzene rings is 2. The molecule has 1 saturated heterocycles. The third kappa shape index (κ3) is 5.39. The number of alkyl carbamates (subject to hydrolysis) is 1. The van der Waals surface area contributed by atoms with Crippen molar-refractivity contribution in [3.05, 3.63) is 59.7 Å². The average Bonchev–Trinajstić information content (AvgIpc) is 2.81. The molecule has 0 saturated carbocycles. The summed E-state index contributed by atoms with van der Waals surface area (Å²) in [6, 6.07) is 12.8. The highest BCUT2D eigenvalue weighted by molar-refractivity contribution is 5.92. The fourth-order valence-electron chi connectivity index (χ4n) is 3.37. The van der Waals surface area contributed by atoms with Crippen LogP contribution in [0.25, 0.3) is 0 Å². The monoisotopic (exact) mass is 443 g/mol. The molecule has 3 amide bonds. The first-order chi connectivity index (χ1) is 15.4. The van der Waals surface area contributed by atoms with Gasteiger partial charge in [-0.3, -0.25) is 4.79 Å². The summed E-state index contributed by atoms with van der Waals surface area (Å²) < 4.78 is 20.6. The van der Waals surface area contributed by atoms with Crippen molar-refractivity contribution in [1.82, 2.24) is 10.2 Å². The van der Waals surface area contributed by atoms with Crippen molar-refractivity contribution in [1.29, 1.82) is 0 Å². The Labute approximate surface area is 185 Å². The Bertz CT molecular complexity index is 967. The van der Waals surface area contributed by atoms with Crippen molar-refractivity contribution in [3.8, 4) is 11.5 Å². The average molecular weight is 443 g/mol. The first kappa shape index (κ1) is 22.7. The Hall–Kier alpha value is -3.95. The molecule has 10 nitrogen and oxygen atoms in total. The zero-order valence-corrected chi connectivity index (χ0v) is 17.8. The number of hydrogen-bond donors (Lipinski definition) is 2. The first-order valence-corrected chi connectivity index (χ1v) is 9.83. The lowest BCUT2D eigenvalue weighted by molar-refractivity contribution is -0.154. The molecule has 3 rings (SSSR count). The predicted octanol–water partition coefficient (Wildman–Crippen LogP) is 1.80. The summed E-state index contributed by atoms with van der Waals surface area (Å²) in [5.74, 6) is 0.790. The second-order valence-corrected chi connectivity index (χ2v) is 7.03. The van der Waals surface area contributed by atoms with E-state index in [1.807, 2.05) is 30.3 Å². The number of likely N-dealkylation sites (tertiary alicyclic amines) is 1. The minimum absolute atomic E-state index is 0.0583. The van der Waals surface area contributed by atoms with E-state index in [0.717, 1.165) is 11.1 Å². The number of β-lactam (4-membered cyclic amide) rings is 1. The third-order valence-corrected chi connectivity index (χ3v) is 5.05. The number of hydrogen-bond acceptors (Lipinski definition) is 7. The van der Waals surface area contributed by atoms with E-state index < -0.39 is 24.3 Å². The summed E-state index contributed by atoms with van der Waals surface area (Å²) in [6.07, 6.45) is -1.73. The molecular weight excluding hydrogens is 418 g/mol. The summed E-state index contributed by atoms with van der Waals surface area (Å²) in [7, 11) is 3.05. The van der Waals surface area contributed by atoms with Gasteiger partial charge in [-0.1, -0.05) is 30.3 Å². The number of nitrogens with one attached hydrogen (secondary N) is 1. The molecule has 10 heteroatoms. The molecule has 2 aromatic carbocycles. The van der Waals surface area contributed by atoms with Gasteiger partial charge in [-0.15, -0.1) is 0 Å². The van der Waals surface area contributed by atoms with Gasteiger partial charge in [-0.2, -0.15) is 0 Å². The van der Waals surface area contributed by atoms with Crippen molar-refractivity contribution in [3.63, 3.8) is 0 Å². The van der Waals surface area contributed by atoms with Gasteiger partial charge in [0.25, 0.3) is 0 Å². The molecule has 1 fully saturated rings. The number of primary amides is 1. The van der Waals surface area contributed by atoms with Crippen LogP contribution < -0.4 is 20.5 Å². The summed E-state index contributed by atoms with van der Waals surface area (Å²) in [5.41, 5.74) is 6.61. The van der Waals surface area contributed by atoms with Gasteiger partial charge >= 0.3 is 12.2 Å². The number of ether oxygens (including phenoxy) is 4. The molecule has 0 spiro atoms. The van der Waals surface area contributed by atoms with Crippen LogP contribution in [0.4, 0.5) is 9.59 Å². The smallest absolute Gasteiger partial charge is 0.408 e. The standard InChI is InChI=1S/C22H25N3O7/c1-29-16-9-8-15(18(10-16)30-2)11-25-17(13-31-21(23)27)19(20(25)26)24-22(28)32-12-14-6-4-3-5-7-14/h3-10,17,19H,11-13H2,1-2H3,(H2,23,27)(H,24,28)/t17?,19-/m0/s1. The van der Waals surface area contributed by atoms with Gasteiger partial charge in [-0.05, 0) is 17.7 Å². The number of nitrogens with two attached hydrogens (primary N) is 1. The predicted molar refractivity (Wildman–Crippen MR) is 113 cm³/mol. The number of amides is 3. The molecule has 3 N–H and O–H groups in total. The minimum atomic E-state index is -0.975. The molecule has 2 atom stereocenters. The quantitative estimate of drug-likeness (QED) is 0.565. The highest BCUT2D eigenvalue weighted by atomic mass is 16.6. The molecule has 0 aromatic heterocycles. The van der Waals surface area contributed by atoms with Crippen molar-refractivity contribution in [2.45, 2.75) is 25.2 Å². The van der Waals surface area contributed by atoms with E-state index >= 15 is 0 Å². The second kappa shape index (κ2) is 10.4. The van der Waals surface area contributed by atoms with E-state index in [-0.39, 0.29) is 25.7 Å². The van der Waals surface area contributed by atoms with Crippen LogP contribution in [0.15, 0.2) is 48.5 Å². The van der Waals surface area contributed by atoms with Gasteiger partial charge in [-0.25, -0.2) is 9.59 Å². The van der Waals surface area contributed by atoms with E-state index in [4.69, 9.17) is 24.7 Å². The summed E-state index contributed by atoms with van der Waals surface area (Å²) in [5, 5.41) is 2.54. The Morgan fingerprint density at radius 2 is 1.81 bits per heavy atom. The number of carbonyl (C=O) groups is 3. The van der Waals surface area contributed by atoms with Crippen LogP contribution in [0.5, 0.6) is 11.5 Å². The van der Waals surface area contributed by atoms with Gasteiger partial charge in [0.1, 0.15) is 30.8 Å². The molecular formula is C22H25N3O7. The molecule has 1 unspecified atom stereocenters. The van der Waals surface area contributed by atoms with Gasteiger partial charge < -0.3 is 34.9 Å². The lowest BCUT2D eigenvalue weighted by Crippen LogP contribution is -2.71. The van der Waals surface area contributed by atoms with E-state index in [1.54, 1.807) is 18.2 Å². The van der Waals surface area contributed by atoms with Crippen molar-refractivity contribution in [2.75, 3.05) is 20.8 Å². The Morgan fingerprint density at radius 1 is 1.06 bits per heavy atom. The minimum Gasteiger partial charge on any atom is -0.497 e. The largest absolute Gasteiger partial charge is 0.497 e. The molecule has 2 aromatic rings. The molecule has 1 heterocycles. The molecule has 0 aliphatic carbocycles. The SMILES string of the molecule is COc1ccc(CN2C(=O)[C@@H](NC(=O)OCc3ccccc3)C2COC(N)=O)c(OC)c1. The van der Waals surface area contributed by atoms with Crippen molar-refractivity contribution in [2.24, 2.45) is 5.73 Å². The Balaban J connectivity index is 1.66. The number of methoxy groups -OCH3 is 2. The van der Waals surface area contributed by atoms with Gasteiger partial charge in [0.15, 0.2) is 0 Å². The van der Waals surface area contributed by atoms with Crippen LogP contribution in [-0.4, -0.2) is 55.9 Å². The molecule has 170 valence electrons. The molecule has 1 aliphatic heterocycles. The molecule has 0 bridgehead atoms. The van der Waals surface area contributed by atoms with Crippen molar-refractivity contribution >= 4 is 18.1 Å². The maximum Gasteiger partial charge on any atom is 0.408 e. The van der Waals surface area contributed by atoms with Gasteiger partial charge in [0.2, 0.25) is 5.91 Å². The Morgan fingerprint density at radius 3 is 2.47 bits per heavy atom. The molecule has 0 radical (unpaired) electrons. The first-order valence-electron chi connectivity index (χ1n) is 9.83. The van der Waals surface area contributed by atoms with Gasteiger partial charge in [0, 0.05) is 18.2 Å². The van der Waals surface area contributed by atoms with Crippen molar-refractivity contribution < 1.29 is 33.3 Å². The highest BCUT2D eigenvalue weighted by Gasteiger charge is 2.49. The van der Waals surface area contributed by atoms with E-state index in [0.29, 0.717) is 11.5 Å². The number of nitrogens with zero attached hydrogens (tertiary/aromatic N) is 1. The van der Waals surface area contributed by atoms with Crippen LogP contribution in [0.1, 0.15) is 11.1 Å². The topological polar surface area (TPSA) is 129 Å². The van der Waals surface area contributed by atoms with Crippen LogP contribution >= 0.6 is 0 Å². The summed E-state index contributed by atoms with van der Waals surface area (Å²) in [6.45, 7) is 0.0575. The van der Waals surface area contributed by atoms with E-state index in [2.05, 4.69) is 5.32 Å².